The third kappa shape index (κ3) is 3.33. The van der Waals surface area contributed by atoms with E-state index in [4.69, 9.17) is 0 Å². The van der Waals surface area contributed by atoms with Gasteiger partial charge in [0.05, 0.1) is 0 Å². The van der Waals surface area contributed by atoms with Crippen molar-refractivity contribution in [1.29, 1.82) is 0 Å². The van der Waals surface area contributed by atoms with Gasteiger partial charge in [0, 0.05) is 5.92 Å². The highest BCUT2D eigenvalue weighted by Gasteiger charge is 2.21. The van der Waals surface area contributed by atoms with E-state index in [1.54, 1.807) is 0 Å². The van der Waals surface area contributed by atoms with Crippen molar-refractivity contribution in [1.82, 2.24) is 0 Å². The number of benzene rings is 2. The Morgan fingerprint density at radius 3 is 2.50 bits per heavy atom. The molecule has 0 bridgehead atoms. The van der Waals surface area contributed by atoms with Crippen LogP contribution in [0.25, 0.3) is 11.6 Å². The molecular formula is C26H28. The van der Waals surface area contributed by atoms with E-state index in [2.05, 4.69) is 88.4 Å². The fraction of sp³-hybridized carbons (Fsp3) is 0.308. The van der Waals surface area contributed by atoms with Crippen molar-refractivity contribution < 1.29 is 0 Å². The summed E-state index contributed by atoms with van der Waals surface area (Å²) in [6.45, 7) is 8.98. The molecular weight excluding hydrogens is 312 g/mol. The number of hydrogen-bond donors (Lipinski definition) is 0. The molecule has 0 aliphatic heterocycles. The molecule has 0 heterocycles. The lowest BCUT2D eigenvalue weighted by molar-refractivity contribution is 0.584. The monoisotopic (exact) mass is 340 g/mol. The first-order chi connectivity index (χ1) is 12.5. The van der Waals surface area contributed by atoms with E-state index in [1.165, 1.54) is 44.5 Å². The van der Waals surface area contributed by atoms with Crippen LogP contribution in [0.3, 0.4) is 0 Å². The highest BCUT2D eigenvalue weighted by molar-refractivity contribution is 5.76. The summed E-state index contributed by atoms with van der Waals surface area (Å²) in [5, 5.41) is 0. The van der Waals surface area contributed by atoms with Crippen LogP contribution >= 0.6 is 0 Å². The van der Waals surface area contributed by atoms with Gasteiger partial charge in [0.25, 0.3) is 0 Å². The SMILES string of the molecule is Cc1cc(C)cc(CC2=CCC(c3ccc4c(c3)C=CC4C(C)C)=C2)c1. The third-order valence-electron chi connectivity index (χ3n) is 5.65. The minimum atomic E-state index is 0.579. The molecule has 0 spiro atoms. The summed E-state index contributed by atoms with van der Waals surface area (Å²) in [5.41, 5.74) is 11.3. The molecule has 0 heteroatoms. The van der Waals surface area contributed by atoms with Crippen LogP contribution in [0.1, 0.15) is 59.6 Å². The van der Waals surface area contributed by atoms with Gasteiger partial charge in [0.1, 0.15) is 0 Å². The number of hydrogen-bond acceptors (Lipinski definition) is 0. The summed E-state index contributed by atoms with van der Waals surface area (Å²) in [7, 11) is 0. The average molecular weight is 341 g/mol. The zero-order valence-electron chi connectivity index (χ0n) is 16.3. The maximum atomic E-state index is 2.40. The lowest BCUT2D eigenvalue weighted by Gasteiger charge is -2.15. The minimum absolute atomic E-state index is 0.579. The molecule has 0 amide bonds. The van der Waals surface area contributed by atoms with Crippen LogP contribution in [-0.4, -0.2) is 0 Å². The number of aryl methyl sites for hydroxylation is 2. The van der Waals surface area contributed by atoms with Crippen molar-refractivity contribution in [3.05, 3.63) is 93.6 Å². The highest BCUT2D eigenvalue weighted by Crippen LogP contribution is 2.38. The smallest absolute Gasteiger partial charge is 0.00502 e. The lowest BCUT2D eigenvalue weighted by Crippen LogP contribution is -2.01. The first-order valence-corrected chi connectivity index (χ1v) is 9.79. The summed E-state index contributed by atoms with van der Waals surface area (Å²) in [5.74, 6) is 1.24. The van der Waals surface area contributed by atoms with E-state index >= 15 is 0 Å². The molecule has 2 aromatic carbocycles. The molecule has 4 rings (SSSR count). The van der Waals surface area contributed by atoms with Gasteiger partial charge in [-0.15, -0.1) is 0 Å². The quantitative estimate of drug-likeness (QED) is 0.560. The first kappa shape index (κ1) is 17.1. The van der Waals surface area contributed by atoms with Crippen LogP contribution in [-0.2, 0) is 6.42 Å². The van der Waals surface area contributed by atoms with Gasteiger partial charge in [-0.1, -0.05) is 79.6 Å². The number of fused-ring (bicyclic) bond motifs is 1. The van der Waals surface area contributed by atoms with Gasteiger partial charge in [0.15, 0.2) is 0 Å². The molecule has 0 nitrogen and oxygen atoms in total. The second-order valence-electron chi connectivity index (χ2n) is 8.30. The molecule has 0 radical (unpaired) electrons. The van der Waals surface area contributed by atoms with Gasteiger partial charge in [-0.3, -0.25) is 0 Å². The summed E-state index contributed by atoms with van der Waals surface area (Å²) >= 11 is 0. The molecule has 0 N–H and O–H groups in total. The molecule has 2 aliphatic rings. The van der Waals surface area contributed by atoms with Gasteiger partial charge in [-0.2, -0.15) is 0 Å². The van der Waals surface area contributed by atoms with Crippen molar-refractivity contribution in [2.75, 3.05) is 0 Å². The Bertz CT molecular complexity index is 914. The molecule has 0 saturated heterocycles. The molecule has 1 atom stereocenters. The van der Waals surface area contributed by atoms with E-state index in [-0.39, 0.29) is 0 Å². The zero-order chi connectivity index (χ0) is 18.3. The summed E-state index contributed by atoms with van der Waals surface area (Å²) in [6.07, 6.45) is 11.6. The molecule has 0 fully saturated rings. The highest BCUT2D eigenvalue weighted by atomic mass is 14.3. The fourth-order valence-electron chi connectivity index (χ4n) is 4.43. The number of allylic oxidation sites excluding steroid dienone is 5. The molecule has 26 heavy (non-hydrogen) atoms. The van der Waals surface area contributed by atoms with Crippen LogP contribution in [0.15, 0.2) is 60.2 Å². The Hall–Kier alpha value is -2.34. The molecule has 2 aliphatic carbocycles. The van der Waals surface area contributed by atoms with E-state index in [0.717, 1.165) is 12.8 Å². The maximum absolute atomic E-state index is 2.40. The van der Waals surface area contributed by atoms with Crippen molar-refractivity contribution in [3.8, 4) is 0 Å². The third-order valence-corrected chi connectivity index (χ3v) is 5.65. The van der Waals surface area contributed by atoms with E-state index in [9.17, 15) is 0 Å². The Morgan fingerprint density at radius 2 is 1.77 bits per heavy atom. The van der Waals surface area contributed by atoms with Gasteiger partial charge >= 0.3 is 0 Å². The normalized spacial score (nSPS) is 18.3. The summed E-state index contributed by atoms with van der Waals surface area (Å²) < 4.78 is 0. The molecule has 1 unspecified atom stereocenters. The lowest BCUT2D eigenvalue weighted by atomic mass is 9.89. The van der Waals surface area contributed by atoms with E-state index in [1.807, 2.05) is 0 Å². The van der Waals surface area contributed by atoms with Crippen LogP contribution < -0.4 is 0 Å². The molecule has 2 aromatic rings. The van der Waals surface area contributed by atoms with Crippen LogP contribution in [0.4, 0.5) is 0 Å². The Balaban J connectivity index is 1.54. The summed E-state index contributed by atoms with van der Waals surface area (Å²) in [6, 6.07) is 13.9. The first-order valence-electron chi connectivity index (χ1n) is 9.79. The largest absolute Gasteiger partial charge is 0.0765 e. The molecule has 0 saturated carbocycles. The fourth-order valence-corrected chi connectivity index (χ4v) is 4.43. The van der Waals surface area contributed by atoms with Crippen LogP contribution in [0.2, 0.25) is 0 Å². The zero-order valence-corrected chi connectivity index (χ0v) is 16.3. The van der Waals surface area contributed by atoms with E-state index in [0.29, 0.717) is 11.8 Å². The topological polar surface area (TPSA) is 0 Å². The standard InChI is InChI=1S/C26H28/c1-17(2)25-9-8-24-16-23(7-10-26(24)25)22-6-5-20(15-22)14-21-12-18(3)11-19(4)13-21/h5,7-13,15-17,25H,6,14H2,1-4H3. The second kappa shape index (κ2) is 6.76. The van der Waals surface area contributed by atoms with Gasteiger partial charge in [-0.05, 0) is 72.1 Å². The van der Waals surface area contributed by atoms with Crippen molar-refractivity contribution in [2.24, 2.45) is 5.92 Å². The Labute approximate surface area is 158 Å². The van der Waals surface area contributed by atoms with Gasteiger partial charge in [0.2, 0.25) is 0 Å². The second-order valence-corrected chi connectivity index (χ2v) is 8.30. The van der Waals surface area contributed by atoms with Crippen LogP contribution in [0, 0.1) is 19.8 Å². The predicted molar refractivity (Wildman–Crippen MR) is 113 cm³/mol. The maximum Gasteiger partial charge on any atom is 0.00502 e. The van der Waals surface area contributed by atoms with Crippen LogP contribution in [0.5, 0.6) is 0 Å². The summed E-state index contributed by atoms with van der Waals surface area (Å²) in [4.78, 5) is 0. The number of rotatable bonds is 4. The van der Waals surface area contributed by atoms with Crippen molar-refractivity contribution >= 4 is 11.6 Å². The van der Waals surface area contributed by atoms with E-state index < -0.39 is 0 Å². The molecule has 132 valence electrons. The Morgan fingerprint density at radius 1 is 1.00 bits per heavy atom. The minimum Gasteiger partial charge on any atom is -0.0765 e. The average Bonchev–Trinajstić information content (AvgIpc) is 3.19. The molecule has 0 aromatic heterocycles. The Kier molecular flexibility index (Phi) is 4.44. The predicted octanol–water partition coefficient (Wildman–Crippen LogP) is 7.03. The van der Waals surface area contributed by atoms with Crippen molar-refractivity contribution in [2.45, 2.75) is 46.5 Å². The van der Waals surface area contributed by atoms with Crippen molar-refractivity contribution in [3.63, 3.8) is 0 Å². The van der Waals surface area contributed by atoms with Gasteiger partial charge in [-0.25, -0.2) is 0 Å². The van der Waals surface area contributed by atoms with Gasteiger partial charge < -0.3 is 0 Å².